The van der Waals surface area contributed by atoms with E-state index < -0.39 is 23.3 Å². The maximum atomic E-state index is 14.9. The zero-order chi connectivity index (χ0) is 24.9. The molecule has 1 nitrogen and oxygen atoms in total. The SMILES string of the molecule is CCOc1ccc(/C=C/c2ccc(-c3ccc(-c4ccc(CC)cc4)c(F)c3F)cc2)c(F)c1F. The number of aryl methyl sites for hydroxylation is 1. The lowest BCUT2D eigenvalue weighted by Gasteiger charge is -2.10. The van der Waals surface area contributed by atoms with Crippen LogP contribution in [0.4, 0.5) is 17.6 Å². The van der Waals surface area contributed by atoms with Gasteiger partial charge in [-0.15, -0.1) is 0 Å². The summed E-state index contributed by atoms with van der Waals surface area (Å²) < 4.78 is 63.2. The molecule has 0 saturated carbocycles. The molecule has 0 radical (unpaired) electrons. The van der Waals surface area contributed by atoms with Crippen LogP contribution in [-0.2, 0) is 6.42 Å². The molecule has 0 aliphatic rings. The normalized spacial score (nSPS) is 11.3. The minimum Gasteiger partial charge on any atom is -0.491 e. The average Bonchev–Trinajstić information content (AvgIpc) is 2.88. The Labute approximate surface area is 202 Å². The molecule has 0 spiro atoms. The minimum absolute atomic E-state index is 0.0747. The molecule has 178 valence electrons. The van der Waals surface area contributed by atoms with Crippen LogP contribution in [0.2, 0.25) is 0 Å². The highest BCUT2D eigenvalue weighted by Gasteiger charge is 2.16. The van der Waals surface area contributed by atoms with Crippen molar-refractivity contribution in [2.24, 2.45) is 0 Å². The number of halogens is 4. The van der Waals surface area contributed by atoms with Gasteiger partial charge in [-0.1, -0.05) is 79.7 Å². The highest BCUT2D eigenvalue weighted by Crippen LogP contribution is 2.32. The van der Waals surface area contributed by atoms with Crippen molar-refractivity contribution in [3.05, 3.63) is 113 Å². The first-order valence-corrected chi connectivity index (χ1v) is 11.4. The van der Waals surface area contributed by atoms with Crippen LogP contribution in [-0.4, -0.2) is 6.61 Å². The largest absolute Gasteiger partial charge is 0.491 e. The van der Waals surface area contributed by atoms with Gasteiger partial charge in [-0.3, -0.25) is 0 Å². The van der Waals surface area contributed by atoms with E-state index in [1.807, 2.05) is 19.1 Å². The van der Waals surface area contributed by atoms with Crippen molar-refractivity contribution in [1.29, 1.82) is 0 Å². The first-order chi connectivity index (χ1) is 16.9. The van der Waals surface area contributed by atoms with E-state index in [2.05, 4.69) is 0 Å². The molecule has 0 aromatic heterocycles. The van der Waals surface area contributed by atoms with Crippen LogP contribution in [0.1, 0.15) is 30.5 Å². The molecule has 0 bridgehead atoms. The van der Waals surface area contributed by atoms with Crippen molar-refractivity contribution in [1.82, 2.24) is 0 Å². The van der Waals surface area contributed by atoms with Crippen LogP contribution in [0.3, 0.4) is 0 Å². The molecule has 0 saturated heterocycles. The Morgan fingerprint density at radius 1 is 0.600 bits per heavy atom. The van der Waals surface area contributed by atoms with Crippen molar-refractivity contribution >= 4 is 12.2 Å². The summed E-state index contributed by atoms with van der Waals surface area (Å²) in [5.74, 6) is -3.98. The van der Waals surface area contributed by atoms with Crippen molar-refractivity contribution in [3.63, 3.8) is 0 Å². The van der Waals surface area contributed by atoms with Gasteiger partial charge in [0.15, 0.2) is 23.2 Å². The van der Waals surface area contributed by atoms with Gasteiger partial charge in [0, 0.05) is 16.7 Å². The molecule has 0 heterocycles. The molecule has 4 rings (SSSR count). The quantitative estimate of drug-likeness (QED) is 0.191. The van der Waals surface area contributed by atoms with Crippen LogP contribution in [0.25, 0.3) is 34.4 Å². The van der Waals surface area contributed by atoms with Crippen LogP contribution in [0, 0.1) is 23.3 Å². The van der Waals surface area contributed by atoms with Crippen molar-refractivity contribution in [3.8, 4) is 28.0 Å². The monoisotopic (exact) mass is 476 g/mol. The van der Waals surface area contributed by atoms with Crippen LogP contribution in [0.15, 0.2) is 72.8 Å². The van der Waals surface area contributed by atoms with Crippen molar-refractivity contribution in [2.75, 3.05) is 6.61 Å². The van der Waals surface area contributed by atoms with E-state index in [0.717, 1.165) is 12.0 Å². The first kappa shape index (κ1) is 24.3. The van der Waals surface area contributed by atoms with Gasteiger partial charge in [-0.25, -0.2) is 13.2 Å². The van der Waals surface area contributed by atoms with E-state index in [4.69, 9.17) is 4.74 Å². The lowest BCUT2D eigenvalue weighted by Crippen LogP contribution is -1.98. The lowest BCUT2D eigenvalue weighted by atomic mass is 9.97. The summed E-state index contributed by atoms with van der Waals surface area (Å²) in [4.78, 5) is 0. The smallest absolute Gasteiger partial charge is 0.201 e. The molecule has 4 aromatic rings. The Morgan fingerprint density at radius 2 is 1.17 bits per heavy atom. The maximum absolute atomic E-state index is 14.9. The fourth-order valence-electron chi connectivity index (χ4n) is 3.82. The van der Waals surface area contributed by atoms with Gasteiger partial charge in [0.1, 0.15) is 0 Å². The van der Waals surface area contributed by atoms with E-state index >= 15 is 0 Å². The van der Waals surface area contributed by atoms with Gasteiger partial charge >= 0.3 is 0 Å². The fourth-order valence-corrected chi connectivity index (χ4v) is 3.82. The van der Waals surface area contributed by atoms with Crippen LogP contribution in [0.5, 0.6) is 5.75 Å². The third-order valence-electron chi connectivity index (χ3n) is 5.81. The second-order valence-electron chi connectivity index (χ2n) is 8.01. The Kier molecular flexibility index (Phi) is 7.35. The molecule has 0 fully saturated rings. The number of benzene rings is 4. The second-order valence-corrected chi connectivity index (χ2v) is 8.01. The van der Waals surface area contributed by atoms with Gasteiger partial charge in [-0.05, 0) is 47.7 Å². The van der Waals surface area contributed by atoms with E-state index in [1.54, 1.807) is 61.5 Å². The predicted octanol–water partition coefficient (Wildman–Crippen LogP) is 8.71. The first-order valence-electron chi connectivity index (χ1n) is 11.4. The van der Waals surface area contributed by atoms with Crippen LogP contribution < -0.4 is 4.74 Å². The van der Waals surface area contributed by atoms with Crippen molar-refractivity contribution < 1.29 is 22.3 Å². The van der Waals surface area contributed by atoms with Gasteiger partial charge in [-0.2, -0.15) is 4.39 Å². The number of hydrogen-bond acceptors (Lipinski definition) is 1. The Hall–Kier alpha value is -3.86. The summed E-state index contributed by atoms with van der Waals surface area (Å²) >= 11 is 0. The van der Waals surface area contributed by atoms with Gasteiger partial charge < -0.3 is 4.74 Å². The molecule has 0 amide bonds. The molecule has 0 atom stereocenters. The summed E-state index contributed by atoms with van der Waals surface area (Å²) in [5.41, 5.74) is 3.36. The topological polar surface area (TPSA) is 9.23 Å². The third-order valence-corrected chi connectivity index (χ3v) is 5.81. The molecule has 35 heavy (non-hydrogen) atoms. The summed E-state index contributed by atoms with van der Waals surface area (Å²) in [6.45, 7) is 3.95. The maximum Gasteiger partial charge on any atom is 0.201 e. The molecule has 5 heteroatoms. The molecular weight excluding hydrogens is 452 g/mol. The zero-order valence-corrected chi connectivity index (χ0v) is 19.4. The molecule has 0 N–H and O–H groups in total. The average molecular weight is 477 g/mol. The van der Waals surface area contributed by atoms with Gasteiger partial charge in [0.2, 0.25) is 5.82 Å². The number of rotatable bonds is 7. The van der Waals surface area contributed by atoms with E-state index in [1.165, 1.54) is 18.2 Å². The van der Waals surface area contributed by atoms with Gasteiger partial charge in [0.05, 0.1) is 6.61 Å². The summed E-state index contributed by atoms with van der Waals surface area (Å²) in [6, 6.07) is 20.0. The second kappa shape index (κ2) is 10.6. The number of ether oxygens (including phenoxy) is 1. The molecular formula is C30H24F4O. The molecule has 0 aliphatic heterocycles. The van der Waals surface area contributed by atoms with Crippen molar-refractivity contribution in [2.45, 2.75) is 20.3 Å². The molecule has 4 aromatic carbocycles. The summed E-state index contributed by atoms with van der Waals surface area (Å²) in [7, 11) is 0. The highest BCUT2D eigenvalue weighted by molar-refractivity contribution is 5.75. The van der Waals surface area contributed by atoms with Gasteiger partial charge in [0.25, 0.3) is 0 Å². The number of hydrogen-bond donors (Lipinski definition) is 0. The minimum atomic E-state index is -1.04. The molecule has 0 unspecified atom stereocenters. The Bertz CT molecular complexity index is 1360. The third kappa shape index (κ3) is 5.14. The standard InChI is InChI=1S/C30H24F4O/c1-3-19-5-10-21(11-6-19)24-16-17-25(29(33)28(24)32)22-12-7-20(8-13-22)9-14-23-15-18-26(35-4-2)30(34)27(23)31/h5-18H,3-4H2,1-2H3/b14-9+. The lowest BCUT2D eigenvalue weighted by molar-refractivity contribution is 0.314. The molecule has 0 aliphatic carbocycles. The zero-order valence-electron chi connectivity index (χ0n) is 19.4. The Balaban J connectivity index is 1.56. The summed E-state index contributed by atoms with van der Waals surface area (Å²) in [5, 5.41) is 0. The van der Waals surface area contributed by atoms with E-state index in [-0.39, 0.29) is 29.0 Å². The fraction of sp³-hybridized carbons (Fsp3) is 0.133. The van der Waals surface area contributed by atoms with E-state index in [0.29, 0.717) is 16.7 Å². The Morgan fingerprint density at radius 3 is 1.71 bits per heavy atom. The summed E-state index contributed by atoms with van der Waals surface area (Å²) in [6.07, 6.45) is 3.93. The van der Waals surface area contributed by atoms with E-state index in [9.17, 15) is 17.6 Å². The predicted molar refractivity (Wildman–Crippen MR) is 133 cm³/mol. The highest BCUT2D eigenvalue weighted by atomic mass is 19.2. The van der Waals surface area contributed by atoms with Crippen LogP contribution >= 0.6 is 0 Å².